The predicted octanol–water partition coefficient (Wildman–Crippen LogP) is 1.52. The lowest BCUT2D eigenvalue weighted by Crippen LogP contribution is -2.09. The summed E-state index contributed by atoms with van der Waals surface area (Å²) < 4.78 is 3.36. The second-order valence-electron chi connectivity index (χ2n) is 4.31. The van der Waals surface area contributed by atoms with Crippen molar-refractivity contribution in [1.29, 1.82) is 0 Å². The number of para-hydroxylation sites is 2. The number of carboxylic acid groups (broad SMARTS) is 1. The van der Waals surface area contributed by atoms with Crippen molar-refractivity contribution in [3.05, 3.63) is 36.7 Å². The van der Waals surface area contributed by atoms with Crippen LogP contribution in [0.15, 0.2) is 36.7 Å². The summed E-state index contributed by atoms with van der Waals surface area (Å²) in [6.07, 6.45) is 3.50. The Morgan fingerprint density at radius 3 is 2.84 bits per heavy atom. The smallest absolute Gasteiger partial charge is 0.323 e. The van der Waals surface area contributed by atoms with Crippen LogP contribution < -0.4 is 0 Å². The topological polar surface area (TPSA) is 72.9 Å². The molecule has 0 spiro atoms. The molecule has 96 valence electrons. The summed E-state index contributed by atoms with van der Waals surface area (Å²) >= 11 is 0. The third-order valence-corrected chi connectivity index (χ3v) is 2.91. The summed E-state index contributed by atoms with van der Waals surface area (Å²) in [5.74, 6) is -0.273. The molecule has 1 aromatic carbocycles. The first-order chi connectivity index (χ1) is 9.15. The third kappa shape index (κ3) is 1.97. The molecule has 0 aliphatic heterocycles. The van der Waals surface area contributed by atoms with E-state index in [-0.39, 0.29) is 6.54 Å². The van der Waals surface area contributed by atoms with Crippen molar-refractivity contribution in [2.45, 2.75) is 6.54 Å². The fourth-order valence-corrected chi connectivity index (χ4v) is 2.13. The normalized spacial score (nSPS) is 11.0. The standard InChI is InChI=1S/C13H12N4O2/c1-16-7-9(6-14-16)13-15-10-4-2-3-5-11(10)17(13)8-12(18)19/h2-7H,8H2,1H3,(H,18,19). The Kier molecular flexibility index (Phi) is 2.56. The summed E-state index contributed by atoms with van der Waals surface area (Å²) in [5.41, 5.74) is 2.39. The van der Waals surface area contributed by atoms with Crippen LogP contribution in [0.25, 0.3) is 22.4 Å². The minimum atomic E-state index is -0.895. The van der Waals surface area contributed by atoms with E-state index in [2.05, 4.69) is 10.1 Å². The van der Waals surface area contributed by atoms with Gasteiger partial charge in [-0.15, -0.1) is 0 Å². The van der Waals surface area contributed by atoms with Gasteiger partial charge in [0.15, 0.2) is 0 Å². The minimum Gasteiger partial charge on any atom is -0.480 e. The van der Waals surface area contributed by atoms with Gasteiger partial charge in [0.1, 0.15) is 12.4 Å². The minimum absolute atomic E-state index is 0.120. The number of carboxylic acids is 1. The molecule has 19 heavy (non-hydrogen) atoms. The number of hydrogen-bond acceptors (Lipinski definition) is 3. The zero-order chi connectivity index (χ0) is 13.4. The summed E-state index contributed by atoms with van der Waals surface area (Å²) in [6, 6.07) is 7.49. The van der Waals surface area contributed by atoms with Crippen molar-refractivity contribution in [2.75, 3.05) is 0 Å². The summed E-state index contributed by atoms with van der Waals surface area (Å²) in [7, 11) is 1.81. The number of nitrogens with zero attached hydrogens (tertiary/aromatic N) is 4. The largest absolute Gasteiger partial charge is 0.480 e. The van der Waals surface area contributed by atoms with Crippen LogP contribution in [0.5, 0.6) is 0 Å². The van der Waals surface area contributed by atoms with Gasteiger partial charge in [-0.2, -0.15) is 5.10 Å². The third-order valence-electron chi connectivity index (χ3n) is 2.91. The average molecular weight is 256 g/mol. The Morgan fingerprint density at radius 1 is 1.37 bits per heavy atom. The number of benzene rings is 1. The summed E-state index contributed by atoms with van der Waals surface area (Å²) in [6.45, 7) is -0.120. The maximum atomic E-state index is 11.0. The molecule has 3 rings (SSSR count). The molecule has 0 unspecified atom stereocenters. The van der Waals surface area contributed by atoms with Gasteiger partial charge in [-0.1, -0.05) is 12.1 Å². The molecule has 0 fully saturated rings. The molecule has 0 aliphatic carbocycles. The first kappa shape index (κ1) is 11.5. The molecule has 0 amide bonds. The zero-order valence-corrected chi connectivity index (χ0v) is 10.3. The SMILES string of the molecule is Cn1cc(-c2nc3ccccc3n2CC(=O)O)cn1. The van der Waals surface area contributed by atoms with Crippen LogP contribution in [0.2, 0.25) is 0 Å². The number of imidazole rings is 1. The molecule has 0 saturated carbocycles. The molecule has 2 aromatic heterocycles. The Labute approximate surface area is 108 Å². The molecule has 0 atom stereocenters. The van der Waals surface area contributed by atoms with Crippen LogP contribution in [0.3, 0.4) is 0 Å². The van der Waals surface area contributed by atoms with E-state index in [0.29, 0.717) is 5.82 Å². The van der Waals surface area contributed by atoms with Crippen LogP contribution in [-0.2, 0) is 18.4 Å². The maximum absolute atomic E-state index is 11.0. The maximum Gasteiger partial charge on any atom is 0.323 e. The Morgan fingerprint density at radius 2 is 2.16 bits per heavy atom. The number of carbonyl (C=O) groups is 1. The molecular formula is C13H12N4O2. The number of aliphatic carboxylic acids is 1. The number of fused-ring (bicyclic) bond motifs is 1. The first-order valence-electron chi connectivity index (χ1n) is 5.81. The van der Waals surface area contributed by atoms with Crippen molar-refractivity contribution in [3.63, 3.8) is 0 Å². The van der Waals surface area contributed by atoms with E-state index >= 15 is 0 Å². The molecular weight excluding hydrogens is 244 g/mol. The molecule has 3 aromatic rings. The second kappa shape index (κ2) is 4.24. The van der Waals surface area contributed by atoms with Gasteiger partial charge in [0.05, 0.1) is 22.8 Å². The van der Waals surface area contributed by atoms with Crippen molar-refractivity contribution >= 4 is 17.0 Å². The van der Waals surface area contributed by atoms with Crippen molar-refractivity contribution in [3.8, 4) is 11.4 Å². The Balaban J connectivity index is 2.25. The van der Waals surface area contributed by atoms with Gasteiger partial charge >= 0.3 is 5.97 Å². The zero-order valence-electron chi connectivity index (χ0n) is 10.3. The molecule has 6 nitrogen and oxygen atoms in total. The molecule has 6 heteroatoms. The van der Waals surface area contributed by atoms with Gasteiger partial charge in [-0.25, -0.2) is 4.98 Å². The summed E-state index contributed by atoms with van der Waals surface area (Å²) in [5, 5.41) is 13.2. The van der Waals surface area contributed by atoms with Gasteiger partial charge < -0.3 is 9.67 Å². The predicted molar refractivity (Wildman–Crippen MR) is 69.6 cm³/mol. The van der Waals surface area contributed by atoms with E-state index in [1.807, 2.05) is 37.5 Å². The summed E-state index contributed by atoms with van der Waals surface area (Å²) in [4.78, 5) is 15.5. The number of hydrogen-bond donors (Lipinski definition) is 1. The first-order valence-corrected chi connectivity index (χ1v) is 5.81. The van der Waals surface area contributed by atoms with E-state index in [1.165, 1.54) is 0 Å². The van der Waals surface area contributed by atoms with Crippen LogP contribution in [0.4, 0.5) is 0 Å². The number of aryl methyl sites for hydroxylation is 1. The van der Waals surface area contributed by atoms with Crippen LogP contribution in [0, 0.1) is 0 Å². The fourth-order valence-electron chi connectivity index (χ4n) is 2.13. The molecule has 1 N–H and O–H groups in total. The van der Waals surface area contributed by atoms with Gasteiger partial charge in [0.2, 0.25) is 0 Å². The highest BCUT2D eigenvalue weighted by atomic mass is 16.4. The highest BCUT2D eigenvalue weighted by Gasteiger charge is 2.15. The van der Waals surface area contributed by atoms with E-state index in [0.717, 1.165) is 16.6 Å². The lowest BCUT2D eigenvalue weighted by Gasteiger charge is -2.04. The average Bonchev–Trinajstić information content (AvgIpc) is 2.94. The van der Waals surface area contributed by atoms with E-state index < -0.39 is 5.97 Å². The second-order valence-corrected chi connectivity index (χ2v) is 4.31. The van der Waals surface area contributed by atoms with Gasteiger partial charge in [0.25, 0.3) is 0 Å². The van der Waals surface area contributed by atoms with Crippen molar-refractivity contribution in [1.82, 2.24) is 19.3 Å². The van der Waals surface area contributed by atoms with E-state index in [4.69, 9.17) is 5.11 Å². The van der Waals surface area contributed by atoms with Gasteiger partial charge in [0, 0.05) is 13.2 Å². The quantitative estimate of drug-likeness (QED) is 0.771. The molecule has 0 bridgehead atoms. The monoisotopic (exact) mass is 256 g/mol. The van der Waals surface area contributed by atoms with Gasteiger partial charge in [-0.3, -0.25) is 9.48 Å². The van der Waals surface area contributed by atoms with Crippen molar-refractivity contribution in [2.24, 2.45) is 7.05 Å². The lowest BCUT2D eigenvalue weighted by atomic mass is 10.3. The van der Waals surface area contributed by atoms with E-state index in [1.54, 1.807) is 15.4 Å². The molecule has 2 heterocycles. The van der Waals surface area contributed by atoms with Crippen LogP contribution in [-0.4, -0.2) is 30.4 Å². The van der Waals surface area contributed by atoms with E-state index in [9.17, 15) is 4.79 Å². The van der Waals surface area contributed by atoms with Crippen LogP contribution >= 0.6 is 0 Å². The number of rotatable bonds is 3. The Hall–Kier alpha value is -2.63. The Bertz CT molecular complexity index is 757. The van der Waals surface area contributed by atoms with Gasteiger partial charge in [-0.05, 0) is 12.1 Å². The lowest BCUT2D eigenvalue weighted by molar-refractivity contribution is -0.137. The number of aromatic nitrogens is 4. The molecule has 0 saturated heterocycles. The highest BCUT2D eigenvalue weighted by molar-refractivity contribution is 5.82. The highest BCUT2D eigenvalue weighted by Crippen LogP contribution is 2.24. The molecule has 0 aliphatic rings. The molecule has 0 radical (unpaired) electrons. The van der Waals surface area contributed by atoms with Crippen molar-refractivity contribution < 1.29 is 9.90 Å². The fraction of sp³-hybridized carbons (Fsp3) is 0.154. The van der Waals surface area contributed by atoms with Crippen LogP contribution in [0.1, 0.15) is 0 Å².